The summed E-state index contributed by atoms with van der Waals surface area (Å²) < 4.78 is 0. The lowest BCUT2D eigenvalue weighted by Crippen LogP contribution is -2.19. The molecule has 1 N–H and O–H groups in total. The van der Waals surface area contributed by atoms with Crippen molar-refractivity contribution >= 4 is 0 Å². The summed E-state index contributed by atoms with van der Waals surface area (Å²) in [5.74, 6) is 1.03. The van der Waals surface area contributed by atoms with Crippen molar-refractivity contribution in [3.63, 3.8) is 0 Å². The third kappa shape index (κ3) is 11.5. The maximum Gasteiger partial charge on any atom is 0.00991 e. The van der Waals surface area contributed by atoms with Crippen LogP contribution in [0.4, 0.5) is 0 Å². The molecule has 1 aliphatic rings. The summed E-state index contributed by atoms with van der Waals surface area (Å²) in [5, 5.41) is 3.75. The van der Waals surface area contributed by atoms with Crippen molar-refractivity contribution in [2.75, 3.05) is 6.54 Å². The molecule has 22 heavy (non-hydrogen) atoms. The Labute approximate surface area is 141 Å². The van der Waals surface area contributed by atoms with Gasteiger partial charge in [0.2, 0.25) is 0 Å². The molecule has 0 saturated heterocycles. The van der Waals surface area contributed by atoms with Crippen molar-refractivity contribution in [2.45, 2.75) is 123 Å². The summed E-state index contributed by atoms with van der Waals surface area (Å²) in [6, 6.07) is 0.889. The number of rotatable bonds is 17. The summed E-state index contributed by atoms with van der Waals surface area (Å²) in [7, 11) is 0. The van der Waals surface area contributed by atoms with Crippen LogP contribution in [0.3, 0.4) is 0 Å². The monoisotopic (exact) mass is 309 g/mol. The topological polar surface area (TPSA) is 12.0 Å². The minimum atomic E-state index is 0.889. The van der Waals surface area contributed by atoms with Gasteiger partial charge in [0.25, 0.3) is 0 Å². The molecule has 1 saturated carbocycles. The van der Waals surface area contributed by atoms with Crippen molar-refractivity contribution in [1.82, 2.24) is 5.32 Å². The first kappa shape index (κ1) is 20.0. The van der Waals surface area contributed by atoms with Gasteiger partial charge >= 0.3 is 0 Å². The molecular weight excluding hydrogens is 266 g/mol. The van der Waals surface area contributed by atoms with E-state index in [2.05, 4.69) is 19.2 Å². The molecule has 1 fully saturated rings. The molecular formula is C21H43N. The molecule has 0 aliphatic heterocycles. The van der Waals surface area contributed by atoms with E-state index >= 15 is 0 Å². The van der Waals surface area contributed by atoms with Crippen molar-refractivity contribution < 1.29 is 0 Å². The number of hydrogen-bond donors (Lipinski definition) is 1. The Morgan fingerprint density at radius 2 is 1.14 bits per heavy atom. The predicted octanol–water partition coefficient (Wildman–Crippen LogP) is 6.86. The first-order valence-electron chi connectivity index (χ1n) is 10.6. The van der Waals surface area contributed by atoms with Crippen LogP contribution in [-0.4, -0.2) is 12.6 Å². The van der Waals surface area contributed by atoms with Crippen LogP contribution in [-0.2, 0) is 0 Å². The zero-order valence-electron chi connectivity index (χ0n) is 15.7. The highest BCUT2D eigenvalue weighted by Crippen LogP contribution is 2.35. The largest absolute Gasteiger partial charge is 0.314 e. The van der Waals surface area contributed by atoms with Gasteiger partial charge in [-0.3, -0.25) is 0 Å². The molecule has 0 aromatic heterocycles. The van der Waals surface area contributed by atoms with Crippen molar-refractivity contribution in [1.29, 1.82) is 0 Å². The Balaban J connectivity index is 1.72. The third-order valence-corrected chi connectivity index (χ3v) is 5.29. The Bertz CT molecular complexity index is 226. The van der Waals surface area contributed by atoms with Crippen LogP contribution in [0, 0.1) is 5.92 Å². The van der Waals surface area contributed by atoms with Crippen LogP contribution >= 0.6 is 0 Å². The summed E-state index contributed by atoms with van der Waals surface area (Å²) in [6.07, 6.45) is 23.1. The van der Waals surface area contributed by atoms with E-state index in [1.54, 1.807) is 0 Å². The first-order chi connectivity index (χ1) is 10.9. The zero-order valence-corrected chi connectivity index (χ0v) is 15.7. The molecule has 1 heteroatoms. The molecule has 1 rings (SSSR count). The second kappa shape index (κ2) is 14.5. The van der Waals surface area contributed by atoms with Gasteiger partial charge in [0, 0.05) is 6.04 Å². The summed E-state index contributed by atoms with van der Waals surface area (Å²) >= 11 is 0. The van der Waals surface area contributed by atoms with E-state index in [1.165, 1.54) is 109 Å². The van der Waals surface area contributed by atoms with Gasteiger partial charge in [-0.25, -0.2) is 0 Å². The molecule has 2 atom stereocenters. The quantitative estimate of drug-likeness (QED) is 0.289. The van der Waals surface area contributed by atoms with E-state index in [4.69, 9.17) is 0 Å². The summed E-state index contributed by atoms with van der Waals surface area (Å²) in [4.78, 5) is 0. The highest BCUT2D eigenvalue weighted by atomic mass is 15.0. The second-order valence-corrected chi connectivity index (χ2v) is 7.59. The standard InChI is InChI=1S/C21H43N/c1-3-5-7-9-10-11-12-13-14-15-17-20-19-21(20)22-18-16-8-6-4-2/h20-22H,3-19H2,1-2H3/t20-,21?/m0/s1. The lowest BCUT2D eigenvalue weighted by Gasteiger charge is -2.04. The highest BCUT2D eigenvalue weighted by Gasteiger charge is 2.35. The molecule has 0 aromatic carbocycles. The minimum absolute atomic E-state index is 0.889. The Hall–Kier alpha value is -0.0400. The van der Waals surface area contributed by atoms with Crippen molar-refractivity contribution in [3.05, 3.63) is 0 Å². The molecule has 0 spiro atoms. The maximum atomic E-state index is 3.75. The number of nitrogens with one attached hydrogen (secondary N) is 1. The van der Waals surface area contributed by atoms with Gasteiger partial charge in [0.05, 0.1) is 0 Å². The van der Waals surface area contributed by atoms with E-state index in [9.17, 15) is 0 Å². The smallest absolute Gasteiger partial charge is 0.00991 e. The number of unbranched alkanes of at least 4 members (excludes halogenated alkanes) is 12. The SMILES string of the molecule is CCCCCCCCCCCC[C@H]1CC1NCCCCCC. The van der Waals surface area contributed by atoms with Crippen LogP contribution in [0.5, 0.6) is 0 Å². The van der Waals surface area contributed by atoms with Gasteiger partial charge < -0.3 is 5.32 Å². The molecule has 132 valence electrons. The van der Waals surface area contributed by atoms with Crippen LogP contribution in [0.25, 0.3) is 0 Å². The third-order valence-electron chi connectivity index (χ3n) is 5.29. The number of hydrogen-bond acceptors (Lipinski definition) is 1. The van der Waals surface area contributed by atoms with E-state index in [-0.39, 0.29) is 0 Å². The minimum Gasteiger partial charge on any atom is -0.314 e. The molecule has 1 unspecified atom stereocenters. The fraction of sp³-hybridized carbons (Fsp3) is 1.00. The van der Waals surface area contributed by atoms with Crippen molar-refractivity contribution in [3.8, 4) is 0 Å². The normalized spacial score (nSPS) is 20.5. The fourth-order valence-electron chi connectivity index (χ4n) is 3.55. The molecule has 0 amide bonds. The second-order valence-electron chi connectivity index (χ2n) is 7.59. The highest BCUT2D eigenvalue weighted by molar-refractivity contribution is 4.92. The van der Waals surface area contributed by atoms with Gasteiger partial charge in [0.15, 0.2) is 0 Å². The summed E-state index contributed by atoms with van der Waals surface area (Å²) in [6.45, 7) is 5.85. The first-order valence-corrected chi connectivity index (χ1v) is 10.6. The average molecular weight is 310 g/mol. The molecule has 1 nitrogen and oxygen atoms in total. The summed E-state index contributed by atoms with van der Waals surface area (Å²) in [5.41, 5.74) is 0. The predicted molar refractivity (Wildman–Crippen MR) is 101 cm³/mol. The van der Waals surface area contributed by atoms with Gasteiger partial charge in [0.1, 0.15) is 0 Å². The van der Waals surface area contributed by atoms with Gasteiger partial charge in [-0.2, -0.15) is 0 Å². The van der Waals surface area contributed by atoms with Gasteiger partial charge in [-0.1, -0.05) is 97.3 Å². The Morgan fingerprint density at radius 1 is 0.636 bits per heavy atom. The van der Waals surface area contributed by atoms with Gasteiger partial charge in [-0.15, -0.1) is 0 Å². The molecule has 0 radical (unpaired) electrons. The van der Waals surface area contributed by atoms with Crippen LogP contribution < -0.4 is 5.32 Å². The Kier molecular flexibility index (Phi) is 13.2. The molecule has 0 heterocycles. The Morgan fingerprint density at radius 3 is 1.73 bits per heavy atom. The van der Waals surface area contributed by atoms with E-state index in [0.717, 1.165) is 12.0 Å². The van der Waals surface area contributed by atoms with Crippen LogP contribution in [0.15, 0.2) is 0 Å². The molecule has 1 aliphatic carbocycles. The lowest BCUT2D eigenvalue weighted by molar-refractivity contribution is 0.522. The molecule has 0 aromatic rings. The lowest BCUT2D eigenvalue weighted by atomic mass is 10.0. The van der Waals surface area contributed by atoms with E-state index in [0.29, 0.717) is 0 Å². The maximum absolute atomic E-state index is 3.75. The van der Waals surface area contributed by atoms with E-state index in [1.807, 2.05) is 0 Å². The van der Waals surface area contributed by atoms with Gasteiger partial charge in [-0.05, 0) is 31.7 Å². The zero-order chi connectivity index (χ0) is 15.9. The molecule has 0 bridgehead atoms. The van der Waals surface area contributed by atoms with Crippen molar-refractivity contribution in [2.24, 2.45) is 5.92 Å². The fourth-order valence-corrected chi connectivity index (χ4v) is 3.55. The van der Waals surface area contributed by atoms with E-state index < -0.39 is 0 Å². The van der Waals surface area contributed by atoms with Crippen LogP contribution in [0.1, 0.15) is 117 Å². The van der Waals surface area contributed by atoms with Crippen LogP contribution in [0.2, 0.25) is 0 Å². The average Bonchev–Trinajstić information content (AvgIpc) is 3.27.